The fourth-order valence-corrected chi connectivity index (χ4v) is 6.05. The van der Waals surface area contributed by atoms with Gasteiger partial charge in [0.25, 0.3) is 5.91 Å². The Kier molecular flexibility index (Phi) is 5.60. The van der Waals surface area contributed by atoms with E-state index in [2.05, 4.69) is 30.8 Å². The molecule has 10 heteroatoms. The molecule has 0 spiro atoms. The molecule has 9 nitrogen and oxygen atoms in total. The van der Waals surface area contributed by atoms with Crippen LogP contribution in [0.4, 0.5) is 11.6 Å². The normalized spacial score (nSPS) is 19.5. The average molecular weight is 478 g/mol. The third kappa shape index (κ3) is 4.46. The molecule has 3 aliphatic rings. The quantitative estimate of drug-likeness (QED) is 0.486. The maximum absolute atomic E-state index is 13.3. The van der Waals surface area contributed by atoms with Crippen molar-refractivity contribution in [2.75, 3.05) is 11.9 Å². The summed E-state index contributed by atoms with van der Waals surface area (Å²) in [6, 6.07) is 0.117. The van der Waals surface area contributed by atoms with Crippen LogP contribution in [-0.4, -0.2) is 43.0 Å². The maximum Gasteiger partial charge on any atom is 0.252 e. The Balaban J connectivity index is 1.27. The van der Waals surface area contributed by atoms with Gasteiger partial charge >= 0.3 is 0 Å². The molecule has 3 aromatic rings. The van der Waals surface area contributed by atoms with Crippen molar-refractivity contribution >= 4 is 34.7 Å². The van der Waals surface area contributed by atoms with E-state index in [1.165, 1.54) is 24.0 Å². The number of thiophene rings is 1. The SMILES string of the molecule is O=C(NCC1CC1)c1c(CC(=O)C2CC2)sc2c1C[C@@H](n1cnnc1Nc1cncnc1)CC2. The van der Waals surface area contributed by atoms with Crippen molar-refractivity contribution < 1.29 is 9.59 Å². The number of aromatic nitrogens is 5. The van der Waals surface area contributed by atoms with Crippen LogP contribution in [0.3, 0.4) is 0 Å². The van der Waals surface area contributed by atoms with Gasteiger partial charge in [0.2, 0.25) is 5.95 Å². The third-order valence-electron chi connectivity index (χ3n) is 6.93. The van der Waals surface area contributed by atoms with Gasteiger partial charge in [-0.05, 0) is 56.4 Å². The van der Waals surface area contributed by atoms with Crippen molar-refractivity contribution in [3.05, 3.63) is 45.9 Å². The number of nitrogens with zero attached hydrogens (tertiary/aromatic N) is 5. The molecule has 2 fully saturated rings. The molecule has 3 aromatic heterocycles. The largest absolute Gasteiger partial charge is 0.352 e. The smallest absolute Gasteiger partial charge is 0.252 e. The van der Waals surface area contributed by atoms with Crippen LogP contribution in [0.5, 0.6) is 0 Å². The van der Waals surface area contributed by atoms with E-state index >= 15 is 0 Å². The number of amides is 1. The molecule has 3 aliphatic carbocycles. The molecule has 0 unspecified atom stereocenters. The summed E-state index contributed by atoms with van der Waals surface area (Å²) >= 11 is 1.67. The van der Waals surface area contributed by atoms with Crippen LogP contribution in [0.25, 0.3) is 0 Å². The molecule has 34 heavy (non-hydrogen) atoms. The zero-order valence-corrected chi connectivity index (χ0v) is 19.7. The highest BCUT2D eigenvalue weighted by Gasteiger charge is 2.35. The van der Waals surface area contributed by atoms with Gasteiger partial charge in [-0.1, -0.05) is 0 Å². The molecule has 0 aromatic carbocycles. The van der Waals surface area contributed by atoms with Crippen LogP contribution in [0.1, 0.15) is 63.8 Å². The Morgan fingerprint density at radius 2 is 1.94 bits per heavy atom. The minimum atomic E-state index is -0.0211. The zero-order chi connectivity index (χ0) is 23.1. The van der Waals surface area contributed by atoms with Crippen molar-refractivity contribution in [2.24, 2.45) is 11.8 Å². The summed E-state index contributed by atoms with van der Waals surface area (Å²) in [7, 11) is 0. The Morgan fingerprint density at radius 1 is 1.12 bits per heavy atom. The molecule has 6 rings (SSSR count). The van der Waals surface area contributed by atoms with E-state index in [0.29, 0.717) is 24.7 Å². The second-order valence-electron chi connectivity index (χ2n) is 9.58. The average Bonchev–Trinajstić information content (AvgIpc) is 3.77. The van der Waals surface area contributed by atoms with E-state index in [1.54, 1.807) is 30.1 Å². The molecule has 1 atom stereocenters. The summed E-state index contributed by atoms with van der Waals surface area (Å²) in [5.41, 5.74) is 2.58. The van der Waals surface area contributed by atoms with Gasteiger partial charge in [0, 0.05) is 34.7 Å². The lowest BCUT2D eigenvalue weighted by Gasteiger charge is -2.25. The Hall–Kier alpha value is -3.14. The number of carbonyl (C=O) groups excluding carboxylic acids is 2. The summed E-state index contributed by atoms with van der Waals surface area (Å²) < 4.78 is 2.04. The van der Waals surface area contributed by atoms with E-state index in [9.17, 15) is 9.59 Å². The molecule has 1 amide bonds. The number of ketones is 1. The van der Waals surface area contributed by atoms with Gasteiger partial charge in [0.15, 0.2) is 0 Å². The molecule has 0 saturated heterocycles. The first-order valence-electron chi connectivity index (χ1n) is 12.0. The number of Topliss-reactive ketones (excluding diaryl/α,β-unsaturated/α-hetero) is 1. The predicted molar refractivity (Wildman–Crippen MR) is 127 cm³/mol. The first-order chi connectivity index (χ1) is 16.7. The molecule has 2 N–H and O–H groups in total. The Labute approximate surface area is 201 Å². The number of fused-ring (bicyclic) bond motifs is 1. The lowest BCUT2D eigenvalue weighted by molar-refractivity contribution is -0.119. The fraction of sp³-hybridized carbons (Fsp3) is 0.500. The van der Waals surface area contributed by atoms with Gasteiger partial charge in [-0.2, -0.15) is 0 Å². The van der Waals surface area contributed by atoms with Crippen LogP contribution in [0.15, 0.2) is 25.0 Å². The van der Waals surface area contributed by atoms with Gasteiger partial charge in [-0.25, -0.2) is 9.97 Å². The van der Waals surface area contributed by atoms with Crippen LogP contribution in [0.2, 0.25) is 0 Å². The zero-order valence-electron chi connectivity index (χ0n) is 18.9. The molecular weight excluding hydrogens is 450 g/mol. The van der Waals surface area contributed by atoms with Crippen molar-refractivity contribution in [1.29, 1.82) is 0 Å². The number of hydrogen-bond acceptors (Lipinski definition) is 8. The fourth-order valence-electron chi connectivity index (χ4n) is 4.70. The molecule has 0 radical (unpaired) electrons. The monoisotopic (exact) mass is 477 g/mol. The lowest BCUT2D eigenvalue weighted by Crippen LogP contribution is -2.28. The predicted octanol–water partition coefficient (Wildman–Crippen LogP) is 3.26. The molecule has 3 heterocycles. The molecule has 0 bridgehead atoms. The number of carbonyl (C=O) groups is 2. The van der Waals surface area contributed by atoms with Crippen molar-refractivity contribution in [3.8, 4) is 0 Å². The van der Waals surface area contributed by atoms with Gasteiger partial charge in [0.1, 0.15) is 18.4 Å². The van der Waals surface area contributed by atoms with E-state index in [-0.39, 0.29) is 23.7 Å². The minimum absolute atomic E-state index is 0.0211. The topological polar surface area (TPSA) is 115 Å². The molecule has 2 saturated carbocycles. The van der Waals surface area contributed by atoms with Crippen LogP contribution in [0, 0.1) is 11.8 Å². The maximum atomic E-state index is 13.3. The number of hydrogen-bond donors (Lipinski definition) is 2. The molecule has 176 valence electrons. The number of nitrogens with one attached hydrogen (secondary N) is 2. The minimum Gasteiger partial charge on any atom is -0.352 e. The molecular formula is C24H27N7O2S. The summed E-state index contributed by atoms with van der Waals surface area (Å²) in [5.74, 6) is 1.69. The summed E-state index contributed by atoms with van der Waals surface area (Å²) in [5, 5.41) is 14.8. The Morgan fingerprint density at radius 3 is 2.71 bits per heavy atom. The third-order valence-corrected chi connectivity index (χ3v) is 8.23. The van der Waals surface area contributed by atoms with Gasteiger partial charge in [0.05, 0.1) is 23.6 Å². The summed E-state index contributed by atoms with van der Waals surface area (Å²) in [6.07, 6.45) is 13.8. The highest BCUT2D eigenvalue weighted by atomic mass is 32.1. The number of rotatable bonds is 9. The molecule has 0 aliphatic heterocycles. The van der Waals surface area contributed by atoms with Crippen molar-refractivity contribution in [2.45, 2.75) is 57.4 Å². The standard InChI is InChI=1S/C24H27N7O2S/c32-19(15-3-4-15)8-21-22(23(33)27-9-14-1-2-14)18-7-17(5-6-20(18)34-21)31-13-28-30-24(31)29-16-10-25-12-26-11-16/h10-15,17H,1-9H2,(H,27,33)(H,29,30)/t17-/m0/s1. The number of aryl methyl sites for hydroxylation is 1. The van der Waals surface area contributed by atoms with Crippen LogP contribution >= 0.6 is 11.3 Å². The van der Waals surface area contributed by atoms with E-state index < -0.39 is 0 Å². The first kappa shape index (κ1) is 21.4. The van der Waals surface area contributed by atoms with E-state index in [1.807, 2.05) is 4.57 Å². The van der Waals surface area contributed by atoms with E-state index in [0.717, 1.165) is 53.9 Å². The lowest BCUT2D eigenvalue weighted by atomic mass is 9.90. The van der Waals surface area contributed by atoms with Crippen LogP contribution < -0.4 is 10.6 Å². The second-order valence-corrected chi connectivity index (χ2v) is 10.8. The van der Waals surface area contributed by atoms with Crippen molar-refractivity contribution in [3.63, 3.8) is 0 Å². The highest BCUT2D eigenvalue weighted by Crippen LogP contribution is 2.41. The van der Waals surface area contributed by atoms with E-state index in [4.69, 9.17) is 0 Å². The van der Waals surface area contributed by atoms with Crippen LogP contribution in [-0.2, 0) is 24.1 Å². The summed E-state index contributed by atoms with van der Waals surface area (Å²) in [4.78, 5) is 36.2. The first-order valence-corrected chi connectivity index (χ1v) is 12.8. The highest BCUT2D eigenvalue weighted by molar-refractivity contribution is 7.12. The van der Waals surface area contributed by atoms with Gasteiger partial charge in [-0.15, -0.1) is 21.5 Å². The second kappa shape index (κ2) is 8.90. The Bertz CT molecular complexity index is 1210. The van der Waals surface area contributed by atoms with Gasteiger partial charge < -0.3 is 10.6 Å². The van der Waals surface area contributed by atoms with Gasteiger partial charge in [-0.3, -0.25) is 14.2 Å². The summed E-state index contributed by atoms with van der Waals surface area (Å²) in [6.45, 7) is 0.724. The number of anilines is 2. The van der Waals surface area contributed by atoms with Crippen molar-refractivity contribution in [1.82, 2.24) is 30.0 Å².